The molecule has 0 amide bonds. The monoisotopic (exact) mass is 369 g/mol. The number of ether oxygens (including phenoxy) is 1. The number of benzene rings is 1. The number of rotatable bonds is 4. The highest BCUT2D eigenvalue weighted by molar-refractivity contribution is 9.10. The van der Waals surface area contributed by atoms with Gasteiger partial charge in [0, 0.05) is 22.9 Å². The standard InChI is InChI=1S/C17H24BrNOS/c1-19-16(10-13-2-4-15(18)5-3-13)14-6-8-20-17(11-14)7-9-21-12-17/h2-5,14,16,19H,6-12H2,1H3. The molecule has 3 atom stereocenters. The number of halogens is 1. The van der Waals surface area contributed by atoms with Gasteiger partial charge in [0.05, 0.1) is 5.60 Å². The van der Waals surface area contributed by atoms with Crippen molar-refractivity contribution in [3.05, 3.63) is 34.3 Å². The van der Waals surface area contributed by atoms with Crippen molar-refractivity contribution < 1.29 is 4.74 Å². The van der Waals surface area contributed by atoms with Crippen molar-refractivity contribution in [3.63, 3.8) is 0 Å². The van der Waals surface area contributed by atoms with Gasteiger partial charge in [0.15, 0.2) is 0 Å². The first kappa shape index (κ1) is 15.9. The lowest BCUT2D eigenvalue weighted by Crippen LogP contribution is -2.47. The Kier molecular flexibility index (Phi) is 5.31. The van der Waals surface area contributed by atoms with Crippen LogP contribution in [0, 0.1) is 5.92 Å². The van der Waals surface area contributed by atoms with Gasteiger partial charge in [-0.25, -0.2) is 0 Å². The van der Waals surface area contributed by atoms with Crippen LogP contribution < -0.4 is 5.32 Å². The highest BCUT2D eigenvalue weighted by Gasteiger charge is 2.42. The Morgan fingerprint density at radius 2 is 2.24 bits per heavy atom. The molecule has 3 rings (SSSR count). The summed E-state index contributed by atoms with van der Waals surface area (Å²) in [5.41, 5.74) is 1.60. The van der Waals surface area contributed by atoms with E-state index < -0.39 is 0 Å². The molecular weight excluding hydrogens is 346 g/mol. The molecule has 1 aromatic rings. The second-order valence-corrected chi connectivity index (χ2v) is 8.33. The highest BCUT2D eigenvalue weighted by atomic mass is 79.9. The SMILES string of the molecule is CNC(Cc1ccc(Br)cc1)C1CCOC2(CCSC2)C1. The van der Waals surface area contributed by atoms with Crippen molar-refractivity contribution in [2.45, 2.75) is 37.3 Å². The Morgan fingerprint density at radius 1 is 1.43 bits per heavy atom. The van der Waals surface area contributed by atoms with E-state index in [4.69, 9.17) is 4.74 Å². The fourth-order valence-corrected chi connectivity index (χ4v) is 5.29. The molecule has 2 fully saturated rings. The van der Waals surface area contributed by atoms with Crippen molar-refractivity contribution >= 4 is 27.7 Å². The van der Waals surface area contributed by atoms with Crippen molar-refractivity contribution in [2.24, 2.45) is 5.92 Å². The largest absolute Gasteiger partial charge is 0.374 e. The molecule has 2 aliphatic heterocycles. The Hall–Kier alpha value is -0.0300. The molecule has 1 spiro atoms. The maximum absolute atomic E-state index is 6.16. The zero-order valence-electron chi connectivity index (χ0n) is 12.6. The Labute approximate surface area is 140 Å². The number of likely N-dealkylation sites (N-methyl/N-ethyl adjacent to an activating group) is 1. The van der Waals surface area contributed by atoms with E-state index in [9.17, 15) is 0 Å². The summed E-state index contributed by atoms with van der Waals surface area (Å²) in [5, 5.41) is 3.57. The van der Waals surface area contributed by atoms with Gasteiger partial charge in [0.2, 0.25) is 0 Å². The minimum absolute atomic E-state index is 0.183. The Balaban J connectivity index is 1.66. The average Bonchev–Trinajstić information content (AvgIpc) is 2.94. The molecule has 0 saturated carbocycles. The number of nitrogens with one attached hydrogen (secondary N) is 1. The highest BCUT2D eigenvalue weighted by Crippen LogP contribution is 2.41. The van der Waals surface area contributed by atoms with Gasteiger partial charge in [-0.1, -0.05) is 28.1 Å². The summed E-state index contributed by atoms with van der Waals surface area (Å²) in [6, 6.07) is 9.30. The topological polar surface area (TPSA) is 21.3 Å². The van der Waals surface area contributed by atoms with E-state index in [2.05, 4.69) is 64.3 Å². The van der Waals surface area contributed by atoms with Crippen LogP contribution in [0.5, 0.6) is 0 Å². The zero-order valence-corrected chi connectivity index (χ0v) is 15.0. The van der Waals surface area contributed by atoms with Crippen LogP contribution in [0.2, 0.25) is 0 Å². The molecule has 1 aromatic carbocycles. The molecule has 2 heterocycles. The molecule has 0 radical (unpaired) electrons. The number of thioether (sulfide) groups is 1. The average molecular weight is 370 g/mol. The van der Waals surface area contributed by atoms with Crippen LogP contribution in [0.4, 0.5) is 0 Å². The summed E-state index contributed by atoms with van der Waals surface area (Å²) in [6.45, 7) is 0.934. The molecule has 0 bridgehead atoms. The second kappa shape index (κ2) is 7.03. The van der Waals surface area contributed by atoms with Gasteiger partial charge in [-0.3, -0.25) is 0 Å². The predicted molar refractivity (Wildman–Crippen MR) is 94.0 cm³/mol. The Bertz CT molecular complexity index is 458. The minimum atomic E-state index is 0.183. The summed E-state index contributed by atoms with van der Waals surface area (Å²) in [6.07, 6.45) is 4.76. The zero-order chi connectivity index (χ0) is 14.7. The van der Waals surface area contributed by atoms with Crippen molar-refractivity contribution in [1.29, 1.82) is 0 Å². The van der Waals surface area contributed by atoms with E-state index in [1.165, 1.54) is 36.3 Å². The Morgan fingerprint density at radius 3 is 2.90 bits per heavy atom. The van der Waals surface area contributed by atoms with E-state index in [1.807, 2.05) is 0 Å². The van der Waals surface area contributed by atoms with Crippen molar-refractivity contribution in [3.8, 4) is 0 Å². The van der Waals surface area contributed by atoms with Gasteiger partial charge in [-0.2, -0.15) is 11.8 Å². The maximum atomic E-state index is 6.16. The first-order valence-corrected chi connectivity index (χ1v) is 9.79. The quantitative estimate of drug-likeness (QED) is 0.869. The molecule has 2 nitrogen and oxygen atoms in total. The van der Waals surface area contributed by atoms with Gasteiger partial charge >= 0.3 is 0 Å². The molecule has 0 aromatic heterocycles. The van der Waals surface area contributed by atoms with E-state index in [1.54, 1.807) is 0 Å². The summed E-state index contributed by atoms with van der Waals surface area (Å²) >= 11 is 5.57. The molecule has 4 heteroatoms. The van der Waals surface area contributed by atoms with Crippen LogP contribution in [0.3, 0.4) is 0 Å². The van der Waals surface area contributed by atoms with Crippen molar-refractivity contribution in [2.75, 3.05) is 25.2 Å². The van der Waals surface area contributed by atoms with Crippen LogP contribution in [0.15, 0.2) is 28.7 Å². The van der Waals surface area contributed by atoms with E-state index in [-0.39, 0.29) is 5.60 Å². The fraction of sp³-hybridized carbons (Fsp3) is 0.647. The third-order valence-corrected chi connectivity index (χ3v) is 6.66. The van der Waals surface area contributed by atoms with Crippen molar-refractivity contribution in [1.82, 2.24) is 5.32 Å². The molecule has 1 N–H and O–H groups in total. The second-order valence-electron chi connectivity index (χ2n) is 6.31. The number of hydrogen-bond acceptors (Lipinski definition) is 3. The normalized spacial score (nSPS) is 30.7. The van der Waals surface area contributed by atoms with Crippen LogP contribution in [-0.4, -0.2) is 36.8 Å². The minimum Gasteiger partial charge on any atom is -0.374 e. The molecule has 21 heavy (non-hydrogen) atoms. The predicted octanol–water partition coefficient (Wildman–Crippen LogP) is 3.88. The van der Waals surface area contributed by atoms with E-state index in [0.717, 1.165) is 23.4 Å². The van der Waals surface area contributed by atoms with Crippen LogP contribution >= 0.6 is 27.7 Å². The molecular formula is C17H24BrNOS. The lowest BCUT2D eigenvalue weighted by atomic mass is 9.79. The first-order valence-electron chi connectivity index (χ1n) is 7.84. The summed E-state index contributed by atoms with van der Waals surface area (Å²) in [4.78, 5) is 0. The van der Waals surface area contributed by atoms with E-state index in [0.29, 0.717) is 6.04 Å². The molecule has 2 saturated heterocycles. The first-order chi connectivity index (χ1) is 10.2. The molecule has 0 aliphatic carbocycles. The number of hydrogen-bond donors (Lipinski definition) is 1. The van der Waals surface area contributed by atoms with E-state index >= 15 is 0 Å². The lowest BCUT2D eigenvalue weighted by Gasteiger charge is -2.41. The van der Waals surface area contributed by atoms with Gasteiger partial charge in [0.1, 0.15) is 0 Å². The summed E-state index contributed by atoms with van der Waals surface area (Å²) in [5.74, 6) is 3.19. The summed E-state index contributed by atoms with van der Waals surface area (Å²) in [7, 11) is 2.11. The fourth-order valence-electron chi connectivity index (χ4n) is 3.65. The smallest absolute Gasteiger partial charge is 0.0783 e. The van der Waals surface area contributed by atoms with Gasteiger partial charge in [-0.15, -0.1) is 0 Å². The third-order valence-electron chi connectivity index (χ3n) is 4.91. The maximum Gasteiger partial charge on any atom is 0.0783 e. The molecule has 3 unspecified atom stereocenters. The third kappa shape index (κ3) is 3.84. The van der Waals surface area contributed by atoms with Crippen LogP contribution in [0.25, 0.3) is 0 Å². The van der Waals surface area contributed by atoms with Gasteiger partial charge in [-0.05, 0) is 62.1 Å². The lowest BCUT2D eigenvalue weighted by molar-refractivity contribution is -0.0847. The van der Waals surface area contributed by atoms with Crippen LogP contribution in [0.1, 0.15) is 24.8 Å². The van der Waals surface area contributed by atoms with Gasteiger partial charge in [0.25, 0.3) is 0 Å². The molecule has 2 aliphatic rings. The molecule has 116 valence electrons. The van der Waals surface area contributed by atoms with Gasteiger partial charge < -0.3 is 10.1 Å². The van der Waals surface area contributed by atoms with Crippen LogP contribution in [-0.2, 0) is 11.2 Å². The summed E-state index contributed by atoms with van der Waals surface area (Å²) < 4.78 is 7.32.